The van der Waals surface area contributed by atoms with E-state index in [2.05, 4.69) is 15.1 Å². The number of carbonyl (C=O) groups excluding carboxylic acids is 1. The second kappa shape index (κ2) is 8.67. The summed E-state index contributed by atoms with van der Waals surface area (Å²) in [5.74, 6) is 0.0468. The smallest absolute Gasteiger partial charge is 0.353 e. The molecule has 4 nitrogen and oxygen atoms in total. The van der Waals surface area contributed by atoms with Crippen molar-refractivity contribution in [3.63, 3.8) is 0 Å². The molecule has 0 aromatic heterocycles. The molecular formula is C18H26F3N3O. The second-order valence-corrected chi connectivity index (χ2v) is 6.62. The Balaban J connectivity index is 1.76. The lowest BCUT2D eigenvalue weighted by atomic mass is 10.1. The van der Waals surface area contributed by atoms with Gasteiger partial charge < -0.3 is 5.32 Å². The van der Waals surface area contributed by atoms with Crippen LogP contribution in [0.15, 0.2) is 24.3 Å². The Morgan fingerprint density at radius 3 is 2.20 bits per heavy atom. The highest BCUT2D eigenvalue weighted by Gasteiger charge is 2.30. The van der Waals surface area contributed by atoms with E-state index in [0.29, 0.717) is 13.1 Å². The van der Waals surface area contributed by atoms with Gasteiger partial charge in [-0.3, -0.25) is 14.6 Å². The summed E-state index contributed by atoms with van der Waals surface area (Å²) in [7, 11) is 0. The Labute approximate surface area is 147 Å². The molecule has 1 saturated heterocycles. The third-order valence-electron chi connectivity index (χ3n) is 4.54. The summed E-state index contributed by atoms with van der Waals surface area (Å²) in [6.45, 7) is 8.23. The molecule has 0 bridgehead atoms. The fourth-order valence-electron chi connectivity index (χ4n) is 2.79. The van der Waals surface area contributed by atoms with E-state index >= 15 is 0 Å². The van der Waals surface area contributed by atoms with Crippen molar-refractivity contribution in [2.24, 2.45) is 0 Å². The molecule has 7 heteroatoms. The molecule has 2 rings (SSSR count). The lowest BCUT2D eigenvalue weighted by molar-refractivity contribution is -0.137. The van der Waals surface area contributed by atoms with Crippen molar-refractivity contribution in [1.29, 1.82) is 0 Å². The first-order valence-electron chi connectivity index (χ1n) is 8.68. The fourth-order valence-corrected chi connectivity index (χ4v) is 2.79. The number of hydrogen-bond donors (Lipinski definition) is 1. The Hall–Kier alpha value is -1.60. The van der Waals surface area contributed by atoms with Gasteiger partial charge in [-0.25, -0.2) is 0 Å². The van der Waals surface area contributed by atoms with Gasteiger partial charge in [0.2, 0.25) is 5.91 Å². The average Bonchev–Trinajstić information content (AvgIpc) is 2.56. The van der Waals surface area contributed by atoms with E-state index < -0.39 is 11.7 Å². The maximum absolute atomic E-state index is 12.6. The third kappa shape index (κ3) is 6.32. The minimum Gasteiger partial charge on any atom is -0.353 e. The van der Waals surface area contributed by atoms with Crippen LogP contribution in [0.1, 0.15) is 31.4 Å². The predicted octanol–water partition coefficient (Wildman–Crippen LogP) is 2.74. The summed E-state index contributed by atoms with van der Waals surface area (Å²) in [5.41, 5.74) is 0.254. The highest BCUT2D eigenvalue weighted by molar-refractivity contribution is 5.78. The van der Waals surface area contributed by atoms with E-state index in [4.69, 9.17) is 0 Å². The summed E-state index contributed by atoms with van der Waals surface area (Å²) >= 11 is 0. The first kappa shape index (κ1) is 19.7. The Kier molecular flexibility index (Phi) is 6.84. The molecule has 1 heterocycles. The zero-order valence-corrected chi connectivity index (χ0v) is 14.8. The van der Waals surface area contributed by atoms with Crippen LogP contribution < -0.4 is 5.32 Å². The van der Waals surface area contributed by atoms with Gasteiger partial charge in [0, 0.05) is 38.8 Å². The molecule has 1 N–H and O–H groups in total. The molecule has 1 amide bonds. The molecule has 0 saturated carbocycles. The zero-order chi connectivity index (χ0) is 18.4. The molecule has 1 aromatic carbocycles. The molecule has 1 aromatic rings. The Morgan fingerprint density at radius 1 is 1.12 bits per heavy atom. The van der Waals surface area contributed by atoms with Crippen molar-refractivity contribution in [2.75, 3.05) is 32.7 Å². The lowest BCUT2D eigenvalue weighted by Gasteiger charge is -2.34. The summed E-state index contributed by atoms with van der Waals surface area (Å²) in [6, 6.07) is 5.52. The predicted molar refractivity (Wildman–Crippen MR) is 91.1 cm³/mol. The number of benzene rings is 1. The van der Waals surface area contributed by atoms with E-state index in [1.54, 1.807) is 0 Å². The van der Waals surface area contributed by atoms with Gasteiger partial charge in [0.1, 0.15) is 0 Å². The normalized spacial score (nSPS) is 18.1. The summed E-state index contributed by atoms with van der Waals surface area (Å²) in [4.78, 5) is 16.2. The largest absolute Gasteiger partial charge is 0.416 e. The molecule has 0 aliphatic carbocycles. The fraction of sp³-hybridized carbons (Fsp3) is 0.611. The SMILES string of the molecule is CC[C@H](C)NC(=O)CN1CCN(Cc2ccc(C(F)(F)F)cc2)CC1. The number of alkyl halides is 3. The molecule has 0 spiro atoms. The highest BCUT2D eigenvalue weighted by Crippen LogP contribution is 2.29. The van der Waals surface area contributed by atoms with E-state index in [0.717, 1.165) is 50.3 Å². The zero-order valence-electron chi connectivity index (χ0n) is 14.8. The van der Waals surface area contributed by atoms with Gasteiger partial charge in [0.15, 0.2) is 0 Å². The van der Waals surface area contributed by atoms with Gasteiger partial charge in [-0.15, -0.1) is 0 Å². The first-order chi connectivity index (χ1) is 11.8. The topological polar surface area (TPSA) is 35.6 Å². The maximum Gasteiger partial charge on any atom is 0.416 e. The van der Waals surface area contributed by atoms with Crippen molar-refractivity contribution >= 4 is 5.91 Å². The number of hydrogen-bond acceptors (Lipinski definition) is 3. The van der Waals surface area contributed by atoms with Crippen LogP contribution in [0.25, 0.3) is 0 Å². The van der Waals surface area contributed by atoms with Gasteiger partial charge in [0.05, 0.1) is 12.1 Å². The first-order valence-corrected chi connectivity index (χ1v) is 8.68. The van der Waals surface area contributed by atoms with E-state index in [-0.39, 0.29) is 11.9 Å². The number of nitrogens with one attached hydrogen (secondary N) is 1. The number of carbonyl (C=O) groups is 1. The number of amides is 1. The standard InChI is InChI=1S/C18H26F3N3O/c1-3-14(2)22-17(25)13-24-10-8-23(9-11-24)12-15-4-6-16(7-5-15)18(19,20)21/h4-7,14H,3,8-13H2,1-2H3,(H,22,25)/t14-/m0/s1. The van der Waals surface area contributed by atoms with Crippen LogP contribution in [0.3, 0.4) is 0 Å². The van der Waals surface area contributed by atoms with E-state index in [1.165, 1.54) is 12.1 Å². The van der Waals surface area contributed by atoms with Gasteiger partial charge in [-0.2, -0.15) is 13.2 Å². The molecule has 1 fully saturated rings. The molecular weight excluding hydrogens is 331 g/mol. The minimum absolute atomic E-state index is 0.0468. The molecule has 140 valence electrons. The van der Waals surface area contributed by atoms with Gasteiger partial charge in [-0.1, -0.05) is 19.1 Å². The van der Waals surface area contributed by atoms with Crippen molar-refractivity contribution in [3.8, 4) is 0 Å². The third-order valence-corrected chi connectivity index (χ3v) is 4.54. The van der Waals surface area contributed by atoms with Crippen molar-refractivity contribution in [1.82, 2.24) is 15.1 Å². The Morgan fingerprint density at radius 2 is 1.68 bits per heavy atom. The van der Waals surface area contributed by atoms with Crippen molar-refractivity contribution in [3.05, 3.63) is 35.4 Å². The van der Waals surface area contributed by atoms with Crippen LogP contribution in [-0.2, 0) is 17.5 Å². The summed E-state index contributed by atoms with van der Waals surface area (Å²) in [5, 5.41) is 2.96. The number of piperazine rings is 1. The lowest BCUT2D eigenvalue weighted by Crippen LogP contribution is -2.49. The van der Waals surface area contributed by atoms with Crippen molar-refractivity contribution in [2.45, 2.75) is 39.0 Å². The highest BCUT2D eigenvalue weighted by atomic mass is 19.4. The van der Waals surface area contributed by atoms with E-state index in [1.807, 2.05) is 13.8 Å². The minimum atomic E-state index is -4.29. The number of rotatable bonds is 6. The van der Waals surface area contributed by atoms with Gasteiger partial charge >= 0.3 is 6.18 Å². The van der Waals surface area contributed by atoms with Crippen LogP contribution in [0.4, 0.5) is 13.2 Å². The summed E-state index contributed by atoms with van der Waals surface area (Å²) < 4.78 is 37.7. The van der Waals surface area contributed by atoms with Crippen LogP contribution in [0.5, 0.6) is 0 Å². The molecule has 25 heavy (non-hydrogen) atoms. The number of nitrogens with zero attached hydrogens (tertiary/aromatic N) is 2. The monoisotopic (exact) mass is 357 g/mol. The second-order valence-electron chi connectivity index (χ2n) is 6.62. The Bertz CT molecular complexity index is 552. The molecule has 0 radical (unpaired) electrons. The average molecular weight is 357 g/mol. The van der Waals surface area contributed by atoms with Gasteiger partial charge in [0.25, 0.3) is 0 Å². The summed E-state index contributed by atoms with van der Waals surface area (Å²) in [6.07, 6.45) is -3.38. The molecule has 1 aliphatic heterocycles. The van der Waals surface area contributed by atoms with Gasteiger partial charge in [-0.05, 0) is 31.0 Å². The van der Waals surface area contributed by atoms with Crippen LogP contribution in [0, 0.1) is 0 Å². The molecule has 1 aliphatic rings. The van der Waals surface area contributed by atoms with E-state index in [9.17, 15) is 18.0 Å². The van der Waals surface area contributed by atoms with Crippen LogP contribution in [0.2, 0.25) is 0 Å². The maximum atomic E-state index is 12.6. The quantitative estimate of drug-likeness (QED) is 0.850. The molecule has 1 atom stereocenters. The van der Waals surface area contributed by atoms with Crippen LogP contribution >= 0.6 is 0 Å². The molecule has 0 unspecified atom stereocenters. The van der Waals surface area contributed by atoms with Crippen molar-refractivity contribution < 1.29 is 18.0 Å². The number of halogens is 3. The van der Waals surface area contributed by atoms with Crippen LogP contribution in [-0.4, -0.2) is 54.5 Å².